The Morgan fingerprint density at radius 2 is 1.43 bits per heavy atom. The highest BCUT2D eigenvalue weighted by Crippen LogP contribution is 2.45. The maximum absolute atomic E-state index is 13.3. The van der Waals surface area contributed by atoms with E-state index in [1.807, 2.05) is 29.2 Å². The lowest BCUT2D eigenvalue weighted by Gasteiger charge is -2.46. The Morgan fingerprint density at radius 3 is 1.96 bits per heavy atom. The summed E-state index contributed by atoms with van der Waals surface area (Å²) in [6.07, 6.45) is 2.74. The van der Waals surface area contributed by atoms with Crippen LogP contribution in [-0.2, 0) is 10.2 Å². The normalized spacial score (nSPS) is 18.5. The number of benzene rings is 2. The molecule has 0 spiro atoms. The SMILES string of the molecule is O=C(c1ccc(F)cc1)N1CCN(C(=O)C2(c3ccc(Cl)cc3)CCC2)CC1. The van der Waals surface area contributed by atoms with Gasteiger partial charge in [-0.05, 0) is 54.8 Å². The molecule has 2 fully saturated rings. The second-order valence-electron chi connectivity index (χ2n) is 7.53. The molecule has 2 aromatic rings. The number of halogens is 2. The van der Waals surface area contributed by atoms with Crippen LogP contribution in [0.4, 0.5) is 4.39 Å². The molecule has 0 N–H and O–H groups in total. The number of rotatable bonds is 3. The zero-order chi connectivity index (χ0) is 19.7. The second-order valence-corrected chi connectivity index (χ2v) is 7.97. The number of hydrogen-bond donors (Lipinski definition) is 0. The van der Waals surface area contributed by atoms with Gasteiger partial charge in [-0.1, -0.05) is 30.2 Å². The molecule has 146 valence electrons. The molecular formula is C22H22ClFN2O2. The summed E-state index contributed by atoms with van der Waals surface area (Å²) in [5.41, 5.74) is 1.05. The lowest BCUT2D eigenvalue weighted by Crippen LogP contribution is -2.57. The summed E-state index contributed by atoms with van der Waals surface area (Å²) in [6.45, 7) is 2.00. The first-order valence-electron chi connectivity index (χ1n) is 9.60. The fourth-order valence-corrected chi connectivity index (χ4v) is 4.24. The van der Waals surface area contributed by atoms with Crippen molar-refractivity contribution in [3.8, 4) is 0 Å². The average Bonchev–Trinajstić information content (AvgIpc) is 2.69. The fourth-order valence-electron chi connectivity index (χ4n) is 4.12. The molecule has 4 nitrogen and oxygen atoms in total. The summed E-state index contributed by atoms with van der Waals surface area (Å²) in [7, 11) is 0. The largest absolute Gasteiger partial charge is 0.338 e. The Balaban J connectivity index is 1.43. The van der Waals surface area contributed by atoms with E-state index < -0.39 is 5.41 Å². The zero-order valence-electron chi connectivity index (χ0n) is 15.5. The van der Waals surface area contributed by atoms with Gasteiger partial charge in [-0.2, -0.15) is 0 Å². The van der Waals surface area contributed by atoms with Crippen molar-refractivity contribution in [1.82, 2.24) is 9.80 Å². The predicted octanol–water partition coefficient (Wildman–Crippen LogP) is 3.89. The van der Waals surface area contributed by atoms with Crippen LogP contribution in [0.25, 0.3) is 0 Å². The van der Waals surface area contributed by atoms with E-state index in [1.54, 1.807) is 4.90 Å². The van der Waals surface area contributed by atoms with Gasteiger partial charge in [-0.25, -0.2) is 4.39 Å². The van der Waals surface area contributed by atoms with Gasteiger partial charge in [0.2, 0.25) is 5.91 Å². The molecule has 0 radical (unpaired) electrons. The van der Waals surface area contributed by atoms with Gasteiger partial charge in [0, 0.05) is 36.8 Å². The number of piperazine rings is 1. The first kappa shape index (κ1) is 18.9. The van der Waals surface area contributed by atoms with Crippen LogP contribution in [0.3, 0.4) is 0 Å². The maximum Gasteiger partial charge on any atom is 0.253 e. The molecule has 28 heavy (non-hydrogen) atoms. The molecule has 0 bridgehead atoms. The Labute approximate surface area is 168 Å². The Hall–Kier alpha value is -2.40. The van der Waals surface area contributed by atoms with Gasteiger partial charge >= 0.3 is 0 Å². The van der Waals surface area contributed by atoms with Gasteiger partial charge in [-0.15, -0.1) is 0 Å². The molecule has 0 atom stereocenters. The van der Waals surface area contributed by atoms with E-state index in [1.165, 1.54) is 24.3 Å². The maximum atomic E-state index is 13.3. The minimum Gasteiger partial charge on any atom is -0.338 e. The van der Waals surface area contributed by atoms with E-state index in [4.69, 9.17) is 11.6 Å². The van der Waals surface area contributed by atoms with Crippen LogP contribution in [-0.4, -0.2) is 47.8 Å². The Morgan fingerprint density at radius 1 is 0.857 bits per heavy atom. The van der Waals surface area contributed by atoms with Crippen LogP contribution in [0.15, 0.2) is 48.5 Å². The highest BCUT2D eigenvalue weighted by atomic mass is 35.5. The third-order valence-electron chi connectivity index (χ3n) is 5.96. The second kappa shape index (κ2) is 7.55. The molecule has 0 aromatic heterocycles. The molecule has 2 amide bonds. The van der Waals surface area contributed by atoms with Gasteiger partial charge in [0.05, 0.1) is 5.41 Å². The quantitative estimate of drug-likeness (QED) is 0.784. The molecule has 2 aromatic carbocycles. The van der Waals surface area contributed by atoms with Crippen LogP contribution in [0, 0.1) is 5.82 Å². The van der Waals surface area contributed by atoms with Crippen LogP contribution < -0.4 is 0 Å². The van der Waals surface area contributed by atoms with E-state index in [0.29, 0.717) is 36.8 Å². The fraction of sp³-hybridized carbons (Fsp3) is 0.364. The number of hydrogen-bond acceptors (Lipinski definition) is 2. The smallest absolute Gasteiger partial charge is 0.253 e. The summed E-state index contributed by atoms with van der Waals surface area (Å²) < 4.78 is 13.1. The van der Waals surface area contributed by atoms with Crippen LogP contribution in [0.5, 0.6) is 0 Å². The first-order valence-corrected chi connectivity index (χ1v) is 9.98. The van der Waals surface area contributed by atoms with E-state index in [2.05, 4.69) is 0 Å². The standard InChI is InChI=1S/C22H22ClFN2O2/c23-18-6-4-17(5-7-18)22(10-1-11-22)21(28)26-14-12-25(13-15-26)20(27)16-2-8-19(24)9-3-16/h2-9H,1,10-15H2. The monoisotopic (exact) mass is 400 g/mol. The molecule has 0 unspecified atom stereocenters. The van der Waals surface area contributed by atoms with Gasteiger partial charge in [0.15, 0.2) is 0 Å². The number of nitrogens with zero attached hydrogens (tertiary/aromatic N) is 2. The number of carbonyl (C=O) groups is 2. The van der Waals surface area contributed by atoms with Crippen molar-refractivity contribution in [2.45, 2.75) is 24.7 Å². The van der Waals surface area contributed by atoms with Crippen molar-refractivity contribution in [3.05, 3.63) is 70.5 Å². The Bertz CT molecular complexity index is 870. The third-order valence-corrected chi connectivity index (χ3v) is 6.21. The van der Waals surface area contributed by atoms with Crippen LogP contribution >= 0.6 is 11.6 Å². The summed E-state index contributed by atoms with van der Waals surface area (Å²) >= 11 is 6.00. The van der Waals surface area contributed by atoms with Crippen molar-refractivity contribution in [2.75, 3.05) is 26.2 Å². The first-order chi connectivity index (χ1) is 13.5. The van der Waals surface area contributed by atoms with E-state index in [-0.39, 0.29) is 17.6 Å². The lowest BCUT2D eigenvalue weighted by atomic mass is 9.63. The molecule has 1 aliphatic carbocycles. The Kier molecular flexibility index (Phi) is 5.11. The topological polar surface area (TPSA) is 40.6 Å². The predicted molar refractivity (Wildman–Crippen MR) is 106 cm³/mol. The molecule has 1 saturated carbocycles. The van der Waals surface area contributed by atoms with Crippen molar-refractivity contribution < 1.29 is 14.0 Å². The minimum absolute atomic E-state index is 0.122. The number of carbonyl (C=O) groups excluding carboxylic acids is 2. The molecule has 1 aliphatic heterocycles. The summed E-state index contributed by atoms with van der Waals surface area (Å²) in [6, 6.07) is 13.2. The van der Waals surface area contributed by atoms with Crippen LogP contribution in [0.1, 0.15) is 35.2 Å². The highest BCUT2D eigenvalue weighted by molar-refractivity contribution is 6.30. The van der Waals surface area contributed by atoms with Gasteiger partial charge < -0.3 is 9.80 Å². The lowest BCUT2D eigenvalue weighted by molar-refractivity contribution is -0.142. The van der Waals surface area contributed by atoms with E-state index >= 15 is 0 Å². The average molecular weight is 401 g/mol. The minimum atomic E-state index is -0.451. The van der Waals surface area contributed by atoms with E-state index in [9.17, 15) is 14.0 Å². The van der Waals surface area contributed by atoms with Gasteiger partial charge in [-0.3, -0.25) is 9.59 Å². The van der Waals surface area contributed by atoms with Crippen LogP contribution in [0.2, 0.25) is 5.02 Å². The van der Waals surface area contributed by atoms with E-state index in [0.717, 1.165) is 24.8 Å². The molecule has 6 heteroatoms. The molecule has 1 heterocycles. The molecule has 2 aliphatic rings. The van der Waals surface area contributed by atoms with Crippen molar-refractivity contribution in [1.29, 1.82) is 0 Å². The van der Waals surface area contributed by atoms with Crippen molar-refractivity contribution in [2.24, 2.45) is 0 Å². The highest BCUT2D eigenvalue weighted by Gasteiger charge is 2.48. The zero-order valence-corrected chi connectivity index (χ0v) is 16.3. The summed E-state index contributed by atoms with van der Waals surface area (Å²) in [5, 5.41) is 0.665. The van der Waals surface area contributed by atoms with Crippen molar-refractivity contribution >= 4 is 23.4 Å². The third kappa shape index (κ3) is 3.39. The molecular weight excluding hydrogens is 379 g/mol. The molecule has 4 rings (SSSR count). The molecule has 1 saturated heterocycles. The summed E-state index contributed by atoms with van der Waals surface area (Å²) in [5.74, 6) is -0.335. The summed E-state index contributed by atoms with van der Waals surface area (Å²) in [4.78, 5) is 29.5. The van der Waals surface area contributed by atoms with Gasteiger partial charge in [0.1, 0.15) is 5.82 Å². The number of amides is 2. The van der Waals surface area contributed by atoms with Crippen molar-refractivity contribution in [3.63, 3.8) is 0 Å². The van der Waals surface area contributed by atoms with Gasteiger partial charge in [0.25, 0.3) is 5.91 Å².